The van der Waals surface area contributed by atoms with Crippen molar-refractivity contribution < 1.29 is 17.6 Å². The average molecular weight is 424 g/mol. The lowest BCUT2D eigenvalue weighted by molar-refractivity contribution is -0.117. The van der Waals surface area contributed by atoms with Gasteiger partial charge in [0.05, 0.1) is 10.6 Å². The number of hydrogen-bond acceptors (Lipinski definition) is 3. The molecule has 0 aliphatic carbocycles. The minimum absolute atomic E-state index is 0.0703. The van der Waals surface area contributed by atoms with Gasteiger partial charge in [-0.15, -0.1) is 0 Å². The quantitative estimate of drug-likeness (QED) is 0.624. The maximum Gasteiger partial charge on any atom is 0.264 e. The van der Waals surface area contributed by atoms with Gasteiger partial charge in [0.25, 0.3) is 10.0 Å². The van der Waals surface area contributed by atoms with E-state index in [4.69, 9.17) is 0 Å². The molecule has 0 bridgehead atoms. The van der Waals surface area contributed by atoms with Crippen LogP contribution in [0.25, 0.3) is 0 Å². The molecule has 3 aromatic rings. The summed E-state index contributed by atoms with van der Waals surface area (Å²) >= 11 is 0. The van der Waals surface area contributed by atoms with E-state index in [-0.39, 0.29) is 17.3 Å². The van der Waals surface area contributed by atoms with Crippen molar-refractivity contribution in [2.24, 2.45) is 0 Å². The summed E-state index contributed by atoms with van der Waals surface area (Å²) in [4.78, 5) is 14.7. The van der Waals surface area contributed by atoms with Crippen LogP contribution in [-0.2, 0) is 21.2 Å². The normalized spacial score (nSPS) is 13.2. The number of fused-ring (bicyclic) bond motifs is 1. The number of sulfonamides is 1. The number of carbonyl (C=O) groups is 1. The maximum atomic E-state index is 13.4. The molecule has 0 saturated heterocycles. The summed E-state index contributed by atoms with van der Waals surface area (Å²) in [7, 11) is -4.07. The fourth-order valence-corrected chi connectivity index (χ4v) is 4.98. The molecule has 30 heavy (non-hydrogen) atoms. The molecule has 0 saturated carbocycles. The van der Waals surface area contributed by atoms with E-state index in [9.17, 15) is 17.6 Å². The molecule has 154 valence electrons. The molecule has 0 aromatic heterocycles. The molecule has 1 amide bonds. The van der Waals surface area contributed by atoms with E-state index in [2.05, 4.69) is 0 Å². The lowest BCUT2D eigenvalue weighted by Gasteiger charge is -2.27. The van der Waals surface area contributed by atoms with Crippen LogP contribution in [-0.4, -0.2) is 27.4 Å². The molecule has 1 heterocycles. The zero-order valence-corrected chi connectivity index (χ0v) is 17.3. The van der Waals surface area contributed by atoms with Gasteiger partial charge >= 0.3 is 0 Å². The Labute approximate surface area is 175 Å². The minimum atomic E-state index is -4.07. The molecule has 0 unspecified atom stereocenters. The Kier molecular flexibility index (Phi) is 5.30. The predicted octanol–water partition coefficient (Wildman–Crippen LogP) is 3.92. The van der Waals surface area contributed by atoms with Crippen LogP contribution in [0.2, 0.25) is 0 Å². The van der Waals surface area contributed by atoms with E-state index in [1.165, 1.54) is 12.1 Å². The Morgan fingerprint density at radius 2 is 1.67 bits per heavy atom. The standard InChI is InChI=1S/C23H21FN2O3S/c1-17-6-10-20(11-7-17)26(30(28,29)21-12-8-19(24)9-13-21)16-23(27)25-15-14-18-4-2-3-5-22(18)25/h2-13H,14-16H2,1H3. The van der Waals surface area contributed by atoms with Crippen LogP contribution in [0.1, 0.15) is 11.1 Å². The number of benzene rings is 3. The van der Waals surface area contributed by atoms with Gasteiger partial charge in [0, 0.05) is 12.2 Å². The number of aryl methyl sites for hydroxylation is 1. The van der Waals surface area contributed by atoms with E-state index >= 15 is 0 Å². The molecular weight excluding hydrogens is 403 g/mol. The second-order valence-corrected chi connectivity index (χ2v) is 9.09. The maximum absolute atomic E-state index is 13.4. The summed E-state index contributed by atoms with van der Waals surface area (Å²) in [5, 5.41) is 0. The SMILES string of the molecule is Cc1ccc(N(CC(=O)N2CCc3ccccc32)S(=O)(=O)c2ccc(F)cc2)cc1. The number of amides is 1. The third-order valence-corrected chi connectivity index (χ3v) is 6.98. The summed E-state index contributed by atoms with van der Waals surface area (Å²) < 4.78 is 41.1. The minimum Gasteiger partial charge on any atom is -0.310 e. The molecular formula is C23H21FN2O3S. The van der Waals surface area contributed by atoms with E-state index in [0.717, 1.165) is 39.7 Å². The molecule has 0 radical (unpaired) electrons. The molecule has 0 atom stereocenters. The first kappa shape index (κ1) is 20.1. The lowest BCUT2D eigenvalue weighted by Crippen LogP contribution is -2.42. The van der Waals surface area contributed by atoms with Crippen LogP contribution in [0.5, 0.6) is 0 Å². The van der Waals surface area contributed by atoms with Gasteiger partial charge in [0.2, 0.25) is 5.91 Å². The van der Waals surface area contributed by atoms with Gasteiger partial charge in [-0.2, -0.15) is 0 Å². The smallest absolute Gasteiger partial charge is 0.264 e. The molecule has 1 aliphatic rings. The molecule has 1 aliphatic heterocycles. The first-order valence-electron chi connectivity index (χ1n) is 9.59. The molecule has 7 heteroatoms. The van der Waals surface area contributed by atoms with Crippen LogP contribution in [0.3, 0.4) is 0 Å². The predicted molar refractivity (Wildman–Crippen MR) is 115 cm³/mol. The van der Waals surface area contributed by atoms with Crippen molar-refractivity contribution in [3.63, 3.8) is 0 Å². The highest BCUT2D eigenvalue weighted by atomic mass is 32.2. The van der Waals surface area contributed by atoms with Crippen molar-refractivity contribution in [3.8, 4) is 0 Å². The highest BCUT2D eigenvalue weighted by Gasteiger charge is 2.31. The van der Waals surface area contributed by atoms with Crippen molar-refractivity contribution in [2.45, 2.75) is 18.2 Å². The van der Waals surface area contributed by atoms with Crippen LogP contribution in [0.15, 0.2) is 77.7 Å². The molecule has 5 nitrogen and oxygen atoms in total. The van der Waals surface area contributed by atoms with Gasteiger partial charge in [-0.25, -0.2) is 12.8 Å². The molecule has 3 aromatic carbocycles. The van der Waals surface area contributed by atoms with Crippen LogP contribution in [0.4, 0.5) is 15.8 Å². The topological polar surface area (TPSA) is 57.7 Å². The second-order valence-electron chi connectivity index (χ2n) is 7.23. The summed E-state index contributed by atoms with van der Waals surface area (Å²) in [6.07, 6.45) is 0.733. The van der Waals surface area contributed by atoms with Gasteiger partial charge in [0.15, 0.2) is 0 Å². The van der Waals surface area contributed by atoms with Crippen molar-refractivity contribution in [2.75, 3.05) is 22.3 Å². The fourth-order valence-electron chi connectivity index (χ4n) is 3.57. The Bertz CT molecular complexity index is 1180. The summed E-state index contributed by atoms with van der Waals surface area (Å²) in [5.41, 5.74) is 3.23. The van der Waals surface area contributed by atoms with Crippen molar-refractivity contribution in [1.29, 1.82) is 0 Å². The van der Waals surface area contributed by atoms with Gasteiger partial charge in [0.1, 0.15) is 12.4 Å². The third-order valence-electron chi connectivity index (χ3n) is 5.19. The van der Waals surface area contributed by atoms with E-state index in [0.29, 0.717) is 12.2 Å². The largest absolute Gasteiger partial charge is 0.310 e. The average Bonchev–Trinajstić information content (AvgIpc) is 3.17. The summed E-state index contributed by atoms with van der Waals surface area (Å²) in [6.45, 7) is 2.06. The Hall–Kier alpha value is -3.19. The second kappa shape index (κ2) is 7.91. The highest BCUT2D eigenvalue weighted by molar-refractivity contribution is 7.92. The fraction of sp³-hybridized carbons (Fsp3) is 0.174. The van der Waals surface area contributed by atoms with Crippen LogP contribution >= 0.6 is 0 Å². The Balaban J connectivity index is 1.70. The monoisotopic (exact) mass is 424 g/mol. The van der Waals surface area contributed by atoms with E-state index in [1.54, 1.807) is 29.2 Å². The summed E-state index contributed by atoms with van der Waals surface area (Å²) in [5.74, 6) is -0.841. The van der Waals surface area contributed by atoms with Gasteiger partial charge < -0.3 is 4.90 Å². The number of anilines is 2. The highest BCUT2D eigenvalue weighted by Crippen LogP contribution is 2.29. The van der Waals surface area contributed by atoms with Crippen LogP contribution in [0, 0.1) is 12.7 Å². The van der Waals surface area contributed by atoms with E-state index in [1.807, 2.05) is 31.2 Å². The number of carbonyl (C=O) groups excluding carboxylic acids is 1. The van der Waals surface area contributed by atoms with Gasteiger partial charge in [-0.1, -0.05) is 35.9 Å². The first-order chi connectivity index (χ1) is 14.4. The third kappa shape index (κ3) is 3.80. The zero-order valence-electron chi connectivity index (χ0n) is 16.5. The van der Waals surface area contributed by atoms with Crippen LogP contribution < -0.4 is 9.21 Å². The number of nitrogens with zero attached hydrogens (tertiary/aromatic N) is 2. The lowest BCUT2D eigenvalue weighted by atomic mass is 10.2. The molecule has 0 fully saturated rings. The Morgan fingerprint density at radius 3 is 2.37 bits per heavy atom. The molecule has 0 spiro atoms. The van der Waals surface area contributed by atoms with Crippen molar-refractivity contribution >= 4 is 27.3 Å². The zero-order chi connectivity index (χ0) is 21.3. The number of hydrogen-bond donors (Lipinski definition) is 0. The van der Waals surface area contributed by atoms with E-state index < -0.39 is 15.8 Å². The van der Waals surface area contributed by atoms with Gasteiger partial charge in [-0.3, -0.25) is 9.10 Å². The van der Waals surface area contributed by atoms with Crippen molar-refractivity contribution in [1.82, 2.24) is 0 Å². The van der Waals surface area contributed by atoms with Gasteiger partial charge in [-0.05, 0) is 61.4 Å². The molecule has 0 N–H and O–H groups in total. The number of para-hydroxylation sites is 1. The number of halogens is 1. The summed E-state index contributed by atoms with van der Waals surface area (Å²) in [6, 6.07) is 19.1. The first-order valence-corrected chi connectivity index (χ1v) is 11.0. The van der Waals surface area contributed by atoms with Crippen molar-refractivity contribution in [3.05, 3.63) is 89.7 Å². The molecule has 4 rings (SSSR count). The number of rotatable bonds is 5. The Morgan fingerprint density at radius 1 is 1.00 bits per heavy atom.